The van der Waals surface area contributed by atoms with Crippen molar-refractivity contribution < 1.29 is 38.3 Å². The third-order valence-electron chi connectivity index (χ3n) is 8.42. The summed E-state index contributed by atoms with van der Waals surface area (Å²) in [4.78, 5) is 0. The van der Waals surface area contributed by atoms with Gasteiger partial charge in [-0.25, -0.2) is 0 Å². The molecule has 5 atom stereocenters. The molecule has 1 aliphatic rings. The van der Waals surface area contributed by atoms with Gasteiger partial charge in [0.05, 0.1) is 25.3 Å². The molecule has 0 unspecified atom stereocenters. The molecule has 1 fully saturated rings. The quantitative estimate of drug-likeness (QED) is 0.117. The van der Waals surface area contributed by atoms with Crippen LogP contribution in [0.5, 0.6) is 17.2 Å². The van der Waals surface area contributed by atoms with Crippen molar-refractivity contribution in [2.45, 2.75) is 123 Å². The Hall–Kier alpha value is -2.07. The van der Waals surface area contributed by atoms with E-state index in [1.54, 1.807) is 0 Å². The van der Waals surface area contributed by atoms with E-state index in [0.717, 1.165) is 68.2 Å². The summed E-state index contributed by atoms with van der Waals surface area (Å²) in [5.41, 5.74) is 2.44. The molecule has 1 saturated heterocycles. The monoisotopic (exact) mass is 678 g/mol. The van der Waals surface area contributed by atoms with Crippen LogP contribution in [0.2, 0.25) is 5.02 Å². The molecule has 0 spiro atoms. The predicted molar refractivity (Wildman–Crippen MR) is 187 cm³/mol. The highest BCUT2D eigenvalue weighted by Gasteiger charge is 2.50. The number of methoxy groups -OCH3 is 1. The van der Waals surface area contributed by atoms with E-state index >= 15 is 0 Å². The van der Waals surface area contributed by atoms with Gasteiger partial charge in [-0.05, 0) is 68.4 Å². The van der Waals surface area contributed by atoms with Crippen LogP contribution in [0, 0.1) is 0 Å². The van der Waals surface area contributed by atoms with Gasteiger partial charge in [0.2, 0.25) is 0 Å². The summed E-state index contributed by atoms with van der Waals surface area (Å²) in [7, 11) is 1.54. The van der Waals surface area contributed by atoms with Crippen LogP contribution in [-0.2, 0) is 30.1 Å². The zero-order valence-corrected chi connectivity index (χ0v) is 30.3. The first kappa shape index (κ1) is 39.4. The Morgan fingerprint density at radius 2 is 1.34 bits per heavy atom. The molecule has 2 aromatic carbocycles. The highest BCUT2D eigenvalue weighted by molar-refractivity contribution is 6.33. The van der Waals surface area contributed by atoms with E-state index in [4.69, 9.17) is 44.8 Å². The Bertz CT molecular complexity index is 1140. The summed E-state index contributed by atoms with van der Waals surface area (Å²) in [6.45, 7) is 13.8. The second-order valence-electron chi connectivity index (χ2n) is 12.2. The zero-order chi connectivity index (χ0) is 34.0. The summed E-state index contributed by atoms with van der Waals surface area (Å²) in [5, 5.41) is 11.7. The second-order valence-corrected chi connectivity index (χ2v) is 12.5. The molecule has 47 heavy (non-hydrogen) atoms. The Morgan fingerprint density at radius 1 is 0.766 bits per heavy atom. The molecule has 1 N–H and O–H groups in total. The van der Waals surface area contributed by atoms with E-state index in [1.165, 1.54) is 7.11 Å². The minimum atomic E-state index is -0.638. The fourth-order valence-corrected chi connectivity index (χ4v) is 5.97. The van der Waals surface area contributed by atoms with Gasteiger partial charge in [0, 0.05) is 32.0 Å². The van der Waals surface area contributed by atoms with Crippen LogP contribution in [0.4, 0.5) is 0 Å². The largest absolute Gasteiger partial charge is 0.503 e. The van der Waals surface area contributed by atoms with Gasteiger partial charge in [0.25, 0.3) is 0 Å². The van der Waals surface area contributed by atoms with Crippen molar-refractivity contribution in [3.63, 3.8) is 0 Å². The summed E-state index contributed by atoms with van der Waals surface area (Å²) in [6.07, 6.45) is 5.84. The fourth-order valence-electron chi connectivity index (χ4n) is 5.76. The molecule has 8 nitrogen and oxygen atoms in total. The van der Waals surface area contributed by atoms with Crippen LogP contribution >= 0.6 is 11.6 Å². The van der Waals surface area contributed by atoms with E-state index < -0.39 is 30.5 Å². The number of rotatable bonds is 23. The normalized spacial score (nSPS) is 21.2. The molecule has 266 valence electrons. The molecule has 3 rings (SSSR count). The van der Waals surface area contributed by atoms with Crippen molar-refractivity contribution >= 4 is 11.6 Å². The maximum atomic E-state index is 11.4. The van der Waals surface area contributed by atoms with Gasteiger partial charge in [-0.1, -0.05) is 77.1 Å². The SMILES string of the molecule is CCCCOC[C@H]1O[C@@H](c2cc(Cc3ccc(OCC)cc3)c(Cl)c(O)c2OC)[C@H](OCCCC)[C@@H](OCCCC)[C@@H]1OCCCC. The minimum Gasteiger partial charge on any atom is -0.503 e. The van der Waals surface area contributed by atoms with Gasteiger partial charge >= 0.3 is 0 Å². The smallest absolute Gasteiger partial charge is 0.177 e. The van der Waals surface area contributed by atoms with Gasteiger partial charge in [-0.15, -0.1) is 0 Å². The number of ether oxygens (including phenoxy) is 7. The van der Waals surface area contributed by atoms with Crippen molar-refractivity contribution in [2.75, 3.05) is 46.8 Å². The number of unbranched alkanes of at least 4 members (excludes halogenated alkanes) is 4. The first-order valence-electron chi connectivity index (χ1n) is 17.8. The van der Waals surface area contributed by atoms with E-state index in [9.17, 15) is 5.11 Å². The topological polar surface area (TPSA) is 84.8 Å². The first-order valence-corrected chi connectivity index (χ1v) is 18.2. The number of benzene rings is 2. The van der Waals surface area contributed by atoms with E-state index in [1.807, 2.05) is 37.3 Å². The third kappa shape index (κ3) is 11.5. The molecule has 2 aromatic rings. The molecule has 0 amide bonds. The molecule has 0 aliphatic carbocycles. The standard InChI is InChI=1S/C38H59ClO8/c1-7-12-20-42-26-31-36(44-21-13-8-2)38(46-23-15-10-4)37(45-22-14-9-3)35(47-31)30-25-28(32(39)33(40)34(30)41-6)24-27-16-18-29(19-17-27)43-11-5/h16-19,25,31,35-38,40H,7-15,20-24,26H2,1-6H3/t31-,35+,36-,37+,38+/m1/s1. The van der Waals surface area contributed by atoms with Gasteiger partial charge in [0.15, 0.2) is 11.5 Å². The summed E-state index contributed by atoms with van der Waals surface area (Å²) in [5.74, 6) is 0.951. The number of halogens is 1. The van der Waals surface area contributed by atoms with Crippen molar-refractivity contribution in [2.24, 2.45) is 0 Å². The van der Waals surface area contributed by atoms with E-state index in [2.05, 4.69) is 27.7 Å². The first-order chi connectivity index (χ1) is 22.9. The second kappa shape index (κ2) is 21.8. The van der Waals surface area contributed by atoms with Gasteiger partial charge in [-0.2, -0.15) is 0 Å². The van der Waals surface area contributed by atoms with Crippen LogP contribution in [0.15, 0.2) is 30.3 Å². The zero-order valence-electron chi connectivity index (χ0n) is 29.6. The van der Waals surface area contributed by atoms with E-state index in [-0.39, 0.29) is 16.5 Å². The summed E-state index contributed by atoms with van der Waals surface area (Å²) >= 11 is 6.80. The maximum Gasteiger partial charge on any atom is 0.177 e. The van der Waals surface area contributed by atoms with Crippen LogP contribution in [-0.4, -0.2) is 76.3 Å². The summed E-state index contributed by atoms with van der Waals surface area (Å²) < 4.78 is 44.5. The van der Waals surface area contributed by atoms with E-state index in [0.29, 0.717) is 51.6 Å². The highest BCUT2D eigenvalue weighted by Crippen LogP contribution is 2.47. The maximum absolute atomic E-state index is 11.4. The highest BCUT2D eigenvalue weighted by atomic mass is 35.5. The molecular formula is C38H59ClO8. The van der Waals surface area contributed by atoms with Crippen LogP contribution in [0.25, 0.3) is 0 Å². The molecule has 0 saturated carbocycles. The number of hydrogen-bond acceptors (Lipinski definition) is 8. The van der Waals surface area contributed by atoms with Crippen LogP contribution in [0.3, 0.4) is 0 Å². The van der Waals surface area contributed by atoms with Gasteiger partial charge in [0.1, 0.15) is 36.3 Å². The Labute approximate surface area is 288 Å². The Kier molecular flexibility index (Phi) is 18.3. The van der Waals surface area contributed by atoms with Crippen LogP contribution < -0.4 is 9.47 Å². The average molecular weight is 679 g/mol. The third-order valence-corrected chi connectivity index (χ3v) is 8.84. The number of phenolic OH excluding ortho intramolecular Hbond substituents is 1. The number of phenols is 1. The molecule has 1 heterocycles. The molecule has 1 aliphatic heterocycles. The molecular weight excluding hydrogens is 620 g/mol. The molecule has 0 radical (unpaired) electrons. The predicted octanol–water partition coefficient (Wildman–Crippen LogP) is 8.86. The van der Waals surface area contributed by atoms with Crippen molar-refractivity contribution in [1.82, 2.24) is 0 Å². The van der Waals surface area contributed by atoms with Gasteiger partial charge < -0.3 is 38.3 Å². The van der Waals surface area contributed by atoms with Crippen molar-refractivity contribution in [3.8, 4) is 17.2 Å². The minimum absolute atomic E-state index is 0.121. The van der Waals surface area contributed by atoms with Crippen molar-refractivity contribution in [3.05, 3.63) is 52.0 Å². The lowest BCUT2D eigenvalue weighted by Gasteiger charge is -2.46. The van der Waals surface area contributed by atoms with Crippen LogP contribution in [0.1, 0.15) is 109 Å². The molecule has 9 heteroatoms. The lowest BCUT2D eigenvalue weighted by atomic mass is 9.88. The molecule has 0 aromatic heterocycles. The summed E-state index contributed by atoms with van der Waals surface area (Å²) in [6, 6.07) is 9.89. The number of hydrogen-bond donors (Lipinski definition) is 1. The Balaban J connectivity index is 2.10. The molecule has 0 bridgehead atoms. The lowest BCUT2D eigenvalue weighted by molar-refractivity contribution is -0.268. The average Bonchev–Trinajstić information content (AvgIpc) is 3.07. The Morgan fingerprint density at radius 3 is 1.91 bits per heavy atom. The van der Waals surface area contributed by atoms with Gasteiger partial charge in [-0.3, -0.25) is 0 Å². The fraction of sp³-hybridized carbons (Fsp3) is 0.684. The number of aromatic hydroxyl groups is 1. The van der Waals surface area contributed by atoms with Crippen molar-refractivity contribution in [1.29, 1.82) is 0 Å². The lowest BCUT2D eigenvalue weighted by Crippen LogP contribution is -2.58.